The molecule has 0 spiro atoms. The van der Waals surface area contributed by atoms with E-state index in [0.717, 1.165) is 22.6 Å². The Kier molecular flexibility index (Phi) is 4.73. The predicted octanol–water partition coefficient (Wildman–Crippen LogP) is 5.17. The van der Waals surface area contributed by atoms with Crippen LogP contribution >= 0.6 is 0 Å². The molecule has 0 aromatic heterocycles. The Labute approximate surface area is 140 Å². The summed E-state index contributed by atoms with van der Waals surface area (Å²) in [6, 6.07) is 22.2. The van der Waals surface area contributed by atoms with Gasteiger partial charge in [0, 0.05) is 0 Å². The molecule has 0 amide bonds. The summed E-state index contributed by atoms with van der Waals surface area (Å²) in [5.41, 5.74) is 2.14. The van der Waals surface area contributed by atoms with Crippen molar-refractivity contribution < 1.29 is 14.6 Å². The molecule has 3 aromatic rings. The van der Waals surface area contributed by atoms with E-state index in [1.165, 1.54) is 6.07 Å². The molecule has 0 atom stereocenters. The van der Waals surface area contributed by atoms with Crippen LogP contribution < -0.4 is 4.74 Å². The van der Waals surface area contributed by atoms with Crippen molar-refractivity contribution in [3.8, 4) is 17.2 Å². The molecule has 0 aliphatic rings. The molecule has 0 radical (unpaired) electrons. The molecule has 1 N–H and O–H groups in total. The standard InChI is InChI=1S/C21H16O3/c22-15-18-14-17(10-13-21(18)23)7-6-16-8-11-20(12-9-16)24-19-4-2-1-3-5-19/h1-15,23H/b7-6+. The van der Waals surface area contributed by atoms with Gasteiger partial charge in [0.25, 0.3) is 0 Å². The first kappa shape index (κ1) is 15.6. The molecule has 0 aliphatic heterocycles. The summed E-state index contributed by atoms with van der Waals surface area (Å²) in [4.78, 5) is 10.8. The fourth-order valence-corrected chi connectivity index (χ4v) is 2.24. The van der Waals surface area contributed by atoms with Crippen molar-refractivity contribution in [3.63, 3.8) is 0 Å². The minimum Gasteiger partial charge on any atom is -0.507 e. The van der Waals surface area contributed by atoms with Gasteiger partial charge in [-0.1, -0.05) is 48.6 Å². The van der Waals surface area contributed by atoms with E-state index < -0.39 is 0 Å². The fourth-order valence-electron chi connectivity index (χ4n) is 2.24. The molecule has 0 saturated heterocycles. The molecular weight excluding hydrogens is 300 g/mol. The summed E-state index contributed by atoms with van der Waals surface area (Å²) in [7, 11) is 0. The Morgan fingerprint density at radius 2 is 1.38 bits per heavy atom. The zero-order chi connectivity index (χ0) is 16.8. The van der Waals surface area contributed by atoms with Gasteiger partial charge in [0.2, 0.25) is 0 Å². The average Bonchev–Trinajstić information content (AvgIpc) is 2.63. The van der Waals surface area contributed by atoms with E-state index in [0.29, 0.717) is 6.29 Å². The third kappa shape index (κ3) is 3.90. The second-order valence-corrected chi connectivity index (χ2v) is 5.25. The van der Waals surface area contributed by atoms with Crippen LogP contribution in [0.1, 0.15) is 21.5 Å². The molecule has 0 unspecified atom stereocenters. The lowest BCUT2D eigenvalue weighted by molar-refractivity contribution is 0.112. The third-order valence-corrected chi connectivity index (χ3v) is 3.51. The summed E-state index contributed by atoms with van der Waals surface area (Å²) >= 11 is 0. The van der Waals surface area contributed by atoms with Crippen LogP contribution in [0.25, 0.3) is 12.2 Å². The predicted molar refractivity (Wildman–Crippen MR) is 95.4 cm³/mol. The number of aromatic hydroxyl groups is 1. The van der Waals surface area contributed by atoms with Crippen LogP contribution in [-0.4, -0.2) is 11.4 Å². The van der Waals surface area contributed by atoms with Gasteiger partial charge in [-0.3, -0.25) is 4.79 Å². The normalized spacial score (nSPS) is 10.7. The van der Waals surface area contributed by atoms with Gasteiger partial charge in [-0.05, 0) is 47.5 Å². The highest BCUT2D eigenvalue weighted by Gasteiger charge is 2.00. The van der Waals surface area contributed by atoms with Gasteiger partial charge in [0.1, 0.15) is 17.2 Å². The number of ether oxygens (including phenoxy) is 1. The van der Waals surface area contributed by atoms with E-state index in [2.05, 4.69) is 0 Å². The third-order valence-electron chi connectivity index (χ3n) is 3.51. The number of hydrogen-bond acceptors (Lipinski definition) is 3. The van der Waals surface area contributed by atoms with E-state index in [1.807, 2.05) is 66.7 Å². The quantitative estimate of drug-likeness (QED) is 0.522. The van der Waals surface area contributed by atoms with Crippen molar-refractivity contribution in [3.05, 3.63) is 89.5 Å². The summed E-state index contributed by atoms with van der Waals surface area (Å²) in [6.45, 7) is 0. The second-order valence-electron chi connectivity index (χ2n) is 5.25. The number of benzene rings is 3. The number of phenols is 1. The van der Waals surface area contributed by atoms with Crippen LogP contribution in [0, 0.1) is 0 Å². The van der Waals surface area contributed by atoms with Gasteiger partial charge >= 0.3 is 0 Å². The molecule has 0 aliphatic carbocycles. The van der Waals surface area contributed by atoms with Crippen molar-refractivity contribution in [2.75, 3.05) is 0 Å². The van der Waals surface area contributed by atoms with Crippen LogP contribution in [-0.2, 0) is 0 Å². The number of aldehydes is 1. The highest BCUT2D eigenvalue weighted by Crippen LogP contribution is 2.22. The monoisotopic (exact) mass is 316 g/mol. The minimum atomic E-state index is -0.00966. The highest BCUT2D eigenvalue weighted by molar-refractivity contribution is 5.81. The first-order valence-corrected chi connectivity index (χ1v) is 7.54. The van der Waals surface area contributed by atoms with Crippen molar-refractivity contribution in [1.29, 1.82) is 0 Å². The van der Waals surface area contributed by atoms with Crippen molar-refractivity contribution >= 4 is 18.4 Å². The molecule has 0 heterocycles. The number of hydrogen-bond donors (Lipinski definition) is 1. The number of phenolic OH excluding ortho intramolecular Hbond substituents is 1. The van der Waals surface area contributed by atoms with Gasteiger partial charge in [-0.2, -0.15) is 0 Å². The van der Waals surface area contributed by atoms with Gasteiger partial charge in [0.05, 0.1) is 5.56 Å². The first-order valence-electron chi connectivity index (χ1n) is 7.54. The topological polar surface area (TPSA) is 46.5 Å². The maximum atomic E-state index is 10.8. The summed E-state index contributed by atoms with van der Waals surface area (Å²) in [5.74, 6) is 1.56. The Morgan fingerprint density at radius 3 is 2.08 bits per heavy atom. The maximum absolute atomic E-state index is 10.8. The van der Waals surface area contributed by atoms with Crippen LogP contribution in [0.2, 0.25) is 0 Å². The van der Waals surface area contributed by atoms with Crippen LogP contribution in [0.3, 0.4) is 0 Å². The number of rotatable bonds is 5. The fraction of sp³-hybridized carbons (Fsp3) is 0. The van der Waals surface area contributed by atoms with E-state index in [1.54, 1.807) is 12.1 Å². The number of carbonyl (C=O) groups is 1. The maximum Gasteiger partial charge on any atom is 0.153 e. The molecule has 0 bridgehead atoms. The molecule has 0 fully saturated rings. The summed E-state index contributed by atoms with van der Waals surface area (Å²) < 4.78 is 5.75. The zero-order valence-electron chi connectivity index (χ0n) is 12.9. The highest BCUT2D eigenvalue weighted by atomic mass is 16.5. The Bertz CT molecular complexity index is 850. The molecule has 3 heteroatoms. The van der Waals surface area contributed by atoms with E-state index in [-0.39, 0.29) is 11.3 Å². The summed E-state index contributed by atoms with van der Waals surface area (Å²) in [6.07, 6.45) is 4.47. The zero-order valence-corrected chi connectivity index (χ0v) is 12.9. The second kappa shape index (κ2) is 7.29. The Balaban J connectivity index is 1.71. The smallest absolute Gasteiger partial charge is 0.153 e. The van der Waals surface area contributed by atoms with Crippen LogP contribution in [0.4, 0.5) is 0 Å². The van der Waals surface area contributed by atoms with Crippen molar-refractivity contribution in [2.45, 2.75) is 0 Å². The van der Waals surface area contributed by atoms with Crippen molar-refractivity contribution in [1.82, 2.24) is 0 Å². The molecule has 118 valence electrons. The minimum absolute atomic E-state index is 0.00966. The lowest BCUT2D eigenvalue weighted by Gasteiger charge is -2.05. The molecule has 3 nitrogen and oxygen atoms in total. The Hall–Kier alpha value is -3.33. The van der Waals surface area contributed by atoms with E-state index in [4.69, 9.17) is 4.74 Å². The van der Waals surface area contributed by atoms with Gasteiger partial charge < -0.3 is 9.84 Å². The largest absolute Gasteiger partial charge is 0.507 e. The molecule has 24 heavy (non-hydrogen) atoms. The number of para-hydroxylation sites is 1. The van der Waals surface area contributed by atoms with Crippen LogP contribution in [0.5, 0.6) is 17.2 Å². The number of carbonyl (C=O) groups excluding carboxylic acids is 1. The lowest BCUT2D eigenvalue weighted by Crippen LogP contribution is -1.84. The molecular formula is C21H16O3. The lowest BCUT2D eigenvalue weighted by atomic mass is 10.1. The van der Waals surface area contributed by atoms with Gasteiger partial charge in [0.15, 0.2) is 6.29 Å². The van der Waals surface area contributed by atoms with E-state index in [9.17, 15) is 9.90 Å². The molecule has 3 aromatic carbocycles. The first-order chi connectivity index (χ1) is 11.7. The molecule has 3 rings (SSSR count). The summed E-state index contributed by atoms with van der Waals surface area (Å²) in [5, 5.41) is 9.50. The average molecular weight is 316 g/mol. The van der Waals surface area contributed by atoms with Crippen LogP contribution in [0.15, 0.2) is 72.8 Å². The van der Waals surface area contributed by atoms with E-state index >= 15 is 0 Å². The van der Waals surface area contributed by atoms with Crippen molar-refractivity contribution in [2.24, 2.45) is 0 Å². The Morgan fingerprint density at radius 1 is 0.750 bits per heavy atom. The SMILES string of the molecule is O=Cc1cc(/C=C/c2ccc(Oc3ccccc3)cc2)ccc1O. The molecule has 0 saturated carbocycles. The van der Waals surface area contributed by atoms with Gasteiger partial charge in [-0.25, -0.2) is 0 Å². The van der Waals surface area contributed by atoms with Gasteiger partial charge in [-0.15, -0.1) is 0 Å².